The SMILES string of the molecule is NC(=O)C(C[C@H](N)C(=O)O)C(=O)CCCC(=O)O. The van der Waals surface area contributed by atoms with Gasteiger partial charge >= 0.3 is 11.9 Å². The number of amides is 1. The molecule has 0 aliphatic heterocycles. The molecule has 1 amide bonds. The van der Waals surface area contributed by atoms with Crippen LogP contribution in [0.25, 0.3) is 0 Å². The second-order valence-electron chi connectivity index (χ2n) is 3.85. The normalized spacial score (nSPS) is 13.6. The zero-order chi connectivity index (χ0) is 14.3. The van der Waals surface area contributed by atoms with E-state index in [4.69, 9.17) is 21.7 Å². The van der Waals surface area contributed by atoms with Gasteiger partial charge in [-0.05, 0) is 12.8 Å². The molecule has 1 unspecified atom stereocenters. The van der Waals surface area contributed by atoms with Crippen LogP contribution in [0.5, 0.6) is 0 Å². The zero-order valence-corrected chi connectivity index (χ0v) is 9.67. The van der Waals surface area contributed by atoms with E-state index in [-0.39, 0.29) is 25.7 Å². The Bertz CT molecular complexity index is 354. The zero-order valence-electron chi connectivity index (χ0n) is 9.67. The first-order valence-electron chi connectivity index (χ1n) is 5.28. The van der Waals surface area contributed by atoms with Crippen LogP contribution in [-0.2, 0) is 19.2 Å². The van der Waals surface area contributed by atoms with E-state index in [1.165, 1.54) is 0 Å². The Morgan fingerprint density at radius 3 is 2.00 bits per heavy atom. The summed E-state index contributed by atoms with van der Waals surface area (Å²) in [6, 6.07) is -1.36. The molecule has 8 heteroatoms. The molecule has 2 atom stereocenters. The summed E-state index contributed by atoms with van der Waals surface area (Å²) in [7, 11) is 0. The number of primary amides is 1. The topological polar surface area (TPSA) is 161 Å². The maximum absolute atomic E-state index is 11.6. The summed E-state index contributed by atoms with van der Waals surface area (Å²) >= 11 is 0. The van der Waals surface area contributed by atoms with Gasteiger partial charge < -0.3 is 21.7 Å². The van der Waals surface area contributed by atoms with Gasteiger partial charge in [0.05, 0.1) is 5.92 Å². The van der Waals surface area contributed by atoms with E-state index in [2.05, 4.69) is 0 Å². The molecule has 0 aromatic carbocycles. The number of carboxylic acids is 2. The lowest BCUT2D eigenvalue weighted by atomic mass is 9.92. The first kappa shape index (κ1) is 16.0. The van der Waals surface area contributed by atoms with Gasteiger partial charge in [0.2, 0.25) is 5.91 Å². The number of Topliss-reactive ketones (excluding diaryl/α,β-unsaturated/α-hetero) is 1. The second-order valence-corrected chi connectivity index (χ2v) is 3.85. The Morgan fingerprint density at radius 2 is 1.61 bits per heavy atom. The van der Waals surface area contributed by atoms with Crippen LogP contribution in [0.15, 0.2) is 0 Å². The molecule has 0 fully saturated rings. The lowest BCUT2D eigenvalue weighted by Crippen LogP contribution is -2.39. The minimum absolute atomic E-state index is 0.0697. The predicted molar refractivity (Wildman–Crippen MR) is 59.4 cm³/mol. The number of nitrogens with two attached hydrogens (primary N) is 2. The summed E-state index contributed by atoms with van der Waals surface area (Å²) in [4.78, 5) is 43.4. The third kappa shape index (κ3) is 5.94. The number of carboxylic acid groups (broad SMARTS) is 2. The van der Waals surface area contributed by atoms with Gasteiger partial charge in [-0.1, -0.05) is 0 Å². The molecule has 8 nitrogen and oxygen atoms in total. The van der Waals surface area contributed by atoms with Crippen molar-refractivity contribution in [1.29, 1.82) is 0 Å². The van der Waals surface area contributed by atoms with Crippen LogP contribution in [0.2, 0.25) is 0 Å². The number of hydrogen-bond acceptors (Lipinski definition) is 5. The summed E-state index contributed by atoms with van der Waals surface area (Å²) in [5.41, 5.74) is 10.2. The van der Waals surface area contributed by atoms with Crippen LogP contribution in [0.4, 0.5) is 0 Å². The van der Waals surface area contributed by atoms with Crippen molar-refractivity contribution >= 4 is 23.6 Å². The summed E-state index contributed by atoms with van der Waals surface area (Å²) in [5.74, 6) is -5.21. The first-order valence-corrected chi connectivity index (χ1v) is 5.28. The Labute approximate surface area is 103 Å². The van der Waals surface area contributed by atoms with Crippen LogP contribution < -0.4 is 11.5 Å². The molecule has 0 aliphatic carbocycles. The number of rotatable bonds is 9. The van der Waals surface area contributed by atoms with E-state index in [0.29, 0.717) is 0 Å². The first-order chi connectivity index (χ1) is 8.25. The Morgan fingerprint density at radius 1 is 1.06 bits per heavy atom. The lowest BCUT2D eigenvalue weighted by molar-refractivity contribution is -0.140. The van der Waals surface area contributed by atoms with Gasteiger partial charge in [-0.2, -0.15) is 0 Å². The van der Waals surface area contributed by atoms with Gasteiger partial charge in [0.25, 0.3) is 0 Å². The number of hydrogen-bond donors (Lipinski definition) is 4. The molecule has 0 spiro atoms. The minimum atomic E-state index is -1.36. The molecule has 0 rings (SSSR count). The van der Waals surface area contributed by atoms with Crippen molar-refractivity contribution in [2.45, 2.75) is 31.7 Å². The molecule has 102 valence electrons. The summed E-state index contributed by atoms with van der Waals surface area (Å²) < 4.78 is 0. The number of carbonyl (C=O) groups is 4. The molecule has 0 radical (unpaired) electrons. The lowest BCUT2D eigenvalue weighted by Gasteiger charge is -2.14. The number of carbonyl (C=O) groups excluding carboxylic acids is 2. The van der Waals surface area contributed by atoms with Gasteiger partial charge in [-0.15, -0.1) is 0 Å². The molecule has 0 aromatic heterocycles. The van der Waals surface area contributed by atoms with E-state index < -0.39 is 35.6 Å². The predicted octanol–water partition coefficient (Wildman–Crippen LogP) is -1.29. The highest BCUT2D eigenvalue weighted by molar-refractivity contribution is 6.01. The Hall–Kier alpha value is -1.96. The van der Waals surface area contributed by atoms with E-state index >= 15 is 0 Å². The van der Waals surface area contributed by atoms with Gasteiger partial charge in [-0.3, -0.25) is 19.2 Å². The molecular weight excluding hydrogens is 244 g/mol. The largest absolute Gasteiger partial charge is 0.481 e. The average molecular weight is 260 g/mol. The van der Waals surface area contributed by atoms with Crippen molar-refractivity contribution in [3.8, 4) is 0 Å². The summed E-state index contributed by atoms with van der Waals surface area (Å²) in [5, 5.41) is 17.0. The van der Waals surface area contributed by atoms with E-state index in [9.17, 15) is 19.2 Å². The van der Waals surface area contributed by atoms with E-state index in [0.717, 1.165) is 0 Å². The fourth-order valence-corrected chi connectivity index (χ4v) is 1.35. The second kappa shape index (κ2) is 7.38. The van der Waals surface area contributed by atoms with Gasteiger partial charge in [0.15, 0.2) is 0 Å². The van der Waals surface area contributed by atoms with Gasteiger partial charge in [0, 0.05) is 12.8 Å². The molecule has 0 saturated heterocycles. The van der Waals surface area contributed by atoms with E-state index in [1.807, 2.05) is 0 Å². The fourth-order valence-electron chi connectivity index (χ4n) is 1.35. The summed E-state index contributed by atoms with van der Waals surface area (Å²) in [6.07, 6.45) is -0.661. The third-order valence-electron chi connectivity index (χ3n) is 2.35. The highest BCUT2D eigenvalue weighted by Crippen LogP contribution is 2.12. The molecule has 0 aromatic rings. The Kier molecular flexibility index (Phi) is 6.58. The monoisotopic (exact) mass is 260 g/mol. The molecule has 6 N–H and O–H groups in total. The van der Waals surface area contributed by atoms with Gasteiger partial charge in [-0.25, -0.2) is 0 Å². The van der Waals surface area contributed by atoms with Crippen molar-refractivity contribution in [1.82, 2.24) is 0 Å². The van der Waals surface area contributed by atoms with Crippen molar-refractivity contribution in [2.75, 3.05) is 0 Å². The number of ketones is 1. The van der Waals surface area contributed by atoms with Crippen LogP contribution >= 0.6 is 0 Å². The highest BCUT2D eigenvalue weighted by Gasteiger charge is 2.28. The van der Waals surface area contributed by atoms with Crippen LogP contribution in [0.1, 0.15) is 25.7 Å². The fraction of sp³-hybridized carbons (Fsp3) is 0.600. The molecular formula is C10H16N2O6. The van der Waals surface area contributed by atoms with E-state index in [1.54, 1.807) is 0 Å². The highest BCUT2D eigenvalue weighted by atomic mass is 16.4. The van der Waals surface area contributed by atoms with Crippen molar-refractivity contribution in [3.05, 3.63) is 0 Å². The maximum atomic E-state index is 11.6. The molecule has 0 heterocycles. The standard InChI is InChI=1S/C10H16N2O6/c11-6(10(17)18)4-5(9(12)16)7(13)2-1-3-8(14)15/h5-6H,1-4,11H2,(H2,12,16)(H,14,15)(H,17,18)/t5?,6-/m0/s1. The van der Waals surface area contributed by atoms with Crippen LogP contribution in [0.3, 0.4) is 0 Å². The molecule has 0 aliphatic rings. The van der Waals surface area contributed by atoms with Crippen molar-refractivity contribution < 1.29 is 29.4 Å². The van der Waals surface area contributed by atoms with Crippen LogP contribution in [-0.4, -0.2) is 39.9 Å². The van der Waals surface area contributed by atoms with Gasteiger partial charge in [0.1, 0.15) is 11.8 Å². The molecule has 0 saturated carbocycles. The average Bonchev–Trinajstić information content (AvgIpc) is 2.23. The molecule has 0 bridgehead atoms. The van der Waals surface area contributed by atoms with Crippen molar-refractivity contribution in [3.63, 3.8) is 0 Å². The minimum Gasteiger partial charge on any atom is -0.481 e. The summed E-state index contributed by atoms with van der Waals surface area (Å²) in [6.45, 7) is 0. The third-order valence-corrected chi connectivity index (χ3v) is 2.35. The maximum Gasteiger partial charge on any atom is 0.320 e. The Balaban J connectivity index is 4.41. The van der Waals surface area contributed by atoms with Crippen LogP contribution in [0, 0.1) is 5.92 Å². The van der Waals surface area contributed by atoms with Crippen molar-refractivity contribution in [2.24, 2.45) is 17.4 Å². The smallest absolute Gasteiger partial charge is 0.320 e. The molecule has 18 heavy (non-hydrogen) atoms. The quantitative estimate of drug-likeness (QED) is 0.375. The number of aliphatic carboxylic acids is 2.